The summed E-state index contributed by atoms with van der Waals surface area (Å²) < 4.78 is 5.76. The minimum absolute atomic E-state index is 0.00550. The third-order valence-corrected chi connectivity index (χ3v) is 5.36. The van der Waals surface area contributed by atoms with Crippen LogP contribution in [0.25, 0.3) is 22.4 Å². The Bertz CT molecular complexity index is 1100. The molecule has 3 heterocycles. The van der Waals surface area contributed by atoms with Crippen molar-refractivity contribution in [1.29, 1.82) is 0 Å². The number of nitrogens with one attached hydrogen (secondary N) is 3. The van der Waals surface area contributed by atoms with Crippen molar-refractivity contribution in [3.8, 4) is 11.5 Å². The average Bonchev–Trinajstić information content (AvgIpc) is 3.36. The lowest BCUT2D eigenvalue weighted by atomic mass is 9.87. The second-order valence-electron chi connectivity index (χ2n) is 7.80. The Morgan fingerprint density at radius 3 is 2.87 bits per heavy atom. The quantitative estimate of drug-likeness (QED) is 0.511. The maximum Gasteiger partial charge on any atom is 0.316 e. The predicted octanol–water partition coefficient (Wildman–Crippen LogP) is 2.32. The highest BCUT2D eigenvalue weighted by Crippen LogP contribution is 2.29. The number of nitrogens with zero attached hydrogens (tertiary/aromatic N) is 2. The molecule has 0 aliphatic carbocycles. The Kier molecular flexibility index (Phi) is 5.35. The van der Waals surface area contributed by atoms with E-state index < -0.39 is 23.7 Å². The molecular weight excluding hydrogens is 386 g/mol. The van der Waals surface area contributed by atoms with Gasteiger partial charge in [0.25, 0.3) is 11.8 Å². The van der Waals surface area contributed by atoms with Gasteiger partial charge < -0.3 is 20.0 Å². The molecular formula is C21H23N5O4. The summed E-state index contributed by atoms with van der Waals surface area (Å²) in [4.78, 5) is 39.6. The van der Waals surface area contributed by atoms with E-state index in [1.165, 1.54) is 0 Å². The summed E-state index contributed by atoms with van der Waals surface area (Å²) in [5.41, 5.74) is 1.73. The summed E-state index contributed by atoms with van der Waals surface area (Å²) in [7, 11) is 0. The number of carbonyl (C=O) groups excluding carboxylic acids is 3. The minimum atomic E-state index is -0.617. The van der Waals surface area contributed by atoms with Gasteiger partial charge in [-0.3, -0.25) is 14.4 Å². The van der Waals surface area contributed by atoms with Crippen molar-refractivity contribution in [2.75, 3.05) is 11.9 Å². The molecule has 2 aromatic heterocycles. The van der Waals surface area contributed by atoms with Crippen LogP contribution in [-0.4, -0.2) is 45.2 Å². The Hall–Kier alpha value is -3.49. The summed E-state index contributed by atoms with van der Waals surface area (Å²) in [6.07, 6.45) is 2.27. The smallest absolute Gasteiger partial charge is 0.316 e. The fourth-order valence-electron chi connectivity index (χ4n) is 3.72. The number of benzene rings is 1. The lowest BCUT2D eigenvalue weighted by molar-refractivity contribution is -0.143. The molecule has 1 aromatic carbocycles. The van der Waals surface area contributed by atoms with E-state index in [0.717, 1.165) is 16.5 Å². The number of H-pyrrole nitrogens is 1. The van der Waals surface area contributed by atoms with Crippen LogP contribution in [0.15, 0.2) is 34.9 Å². The maximum atomic E-state index is 12.9. The molecule has 1 fully saturated rings. The third kappa shape index (κ3) is 3.83. The standard InChI is InChI=1S/C21H23N5O4/c1-11(2)17(16(27)9-12-7-8-22-19(29)18(12)28)24-21-26-25-20(30-21)14-10-23-15-6-4-3-5-13(14)15/h3-6,10-12,17,23H,7-9H2,1-2H3,(H,22,29)(H,24,26). The van der Waals surface area contributed by atoms with Crippen molar-refractivity contribution in [1.82, 2.24) is 20.5 Å². The highest BCUT2D eigenvalue weighted by Gasteiger charge is 2.34. The summed E-state index contributed by atoms with van der Waals surface area (Å²) in [6.45, 7) is 4.18. The topological polar surface area (TPSA) is 130 Å². The number of aromatic amines is 1. The maximum absolute atomic E-state index is 12.9. The normalized spacial score (nSPS) is 17.9. The Balaban J connectivity index is 1.49. The summed E-state index contributed by atoms with van der Waals surface area (Å²) in [5, 5.41) is 14.6. The van der Waals surface area contributed by atoms with Gasteiger partial charge in [0.05, 0.1) is 11.6 Å². The first kappa shape index (κ1) is 19.8. The molecule has 2 atom stereocenters. The summed E-state index contributed by atoms with van der Waals surface area (Å²) in [5.74, 6) is -1.63. The molecule has 30 heavy (non-hydrogen) atoms. The molecule has 2 unspecified atom stereocenters. The van der Waals surface area contributed by atoms with Gasteiger partial charge in [0.15, 0.2) is 5.78 Å². The molecule has 1 aliphatic heterocycles. The van der Waals surface area contributed by atoms with Crippen LogP contribution in [0.3, 0.4) is 0 Å². The number of carbonyl (C=O) groups is 3. The number of piperidine rings is 1. The first-order valence-electron chi connectivity index (χ1n) is 9.95. The molecule has 1 saturated heterocycles. The zero-order valence-electron chi connectivity index (χ0n) is 16.8. The molecule has 4 rings (SSSR count). The van der Waals surface area contributed by atoms with Crippen LogP contribution in [0.2, 0.25) is 0 Å². The van der Waals surface area contributed by atoms with Gasteiger partial charge in [0.1, 0.15) is 0 Å². The number of hydrogen-bond acceptors (Lipinski definition) is 7. The summed E-state index contributed by atoms with van der Waals surface area (Å²) >= 11 is 0. The van der Waals surface area contributed by atoms with Crippen LogP contribution in [0.5, 0.6) is 0 Å². The first-order chi connectivity index (χ1) is 14.4. The largest absolute Gasteiger partial charge is 0.403 e. The third-order valence-electron chi connectivity index (χ3n) is 5.36. The van der Waals surface area contributed by atoms with E-state index in [1.54, 1.807) is 6.20 Å². The Labute approximate surface area is 172 Å². The number of fused-ring (bicyclic) bond motifs is 1. The zero-order chi connectivity index (χ0) is 21.3. The fourth-order valence-corrected chi connectivity index (χ4v) is 3.72. The van der Waals surface area contributed by atoms with E-state index >= 15 is 0 Å². The van der Waals surface area contributed by atoms with Crippen LogP contribution in [0.4, 0.5) is 6.01 Å². The van der Waals surface area contributed by atoms with Crippen LogP contribution >= 0.6 is 0 Å². The molecule has 0 spiro atoms. The first-order valence-corrected chi connectivity index (χ1v) is 9.95. The van der Waals surface area contributed by atoms with Crippen LogP contribution in [0, 0.1) is 11.8 Å². The molecule has 9 nitrogen and oxygen atoms in total. The lowest BCUT2D eigenvalue weighted by Crippen LogP contribution is -2.45. The highest BCUT2D eigenvalue weighted by molar-refractivity contribution is 6.37. The van der Waals surface area contributed by atoms with Crippen molar-refractivity contribution in [2.45, 2.75) is 32.7 Å². The molecule has 156 valence electrons. The van der Waals surface area contributed by atoms with Crippen molar-refractivity contribution in [2.24, 2.45) is 11.8 Å². The van der Waals surface area contributed by atoms with Crippen molar-refractivity contribution in [3.05, 3.63) is 30.5 Å². The van der Waals surface area contributed by atoms with Crippen molar-refractivity contribution >= 4 is 34.4 Å². The van der Waals surface area contributed by atoms with Gasteiger partial charge in [-0.1, -0.05) is 37.1 Å². The molecule has 0 radical (unpaired) electrons. The number of ketones is 2. The van der Waals surface area contributed by atoms with E-state index in [4.69, 9.17) is 4.42 Å². The number of hydrogen-bond donors (Lipinski definition) is 3. The van der Waals surface area contributed by atoms with Gasteiger partial charge in [-0.15, -0.1) is 5.10 Å². The lowest BCUT2D eigenvalue weighted by Gasteiger charge is -2.24. The van der Waals surface area contributed by atoms with Crippen LogP contribution in [0.1, 0.15) is 26.7 Å². The second kappa shape index (κ2) is 8.10. The second-order valence-corrected chi connectivity index (χ2v) is 7.80. The number of para-hydroxylation sites is 1. The number of rotatable bonds is 7. The molecule has 0 saturated carbocycles. The van der Waals surface area contributed by atoms with Gasteiger partial charge in [-0.05, 0) is 18.4 Å². The predicted molar refractivity (Wildman–Crippen MR) is 110 cm³/mol. The van der Waals surface area contributed by atoms with Gasteiger partial charge in [0, 0.05) is 36.0 Å². The van der Waals surface area contributed by atoms with Crippen LogP contribution < -0.4 is 10.6 Å². The molecule has 0 bridgehead atoms. The number of amides is 1. The van der Waals surface area contributed by atoms with Crippen molar-refractivity contribution < 1.29 is 18.8 Å². The van der Waals surface area contributed by atoms with Crippen LogP contribution in [-0.2, 0) is 14.4 Å². The minimum Gasteiger partial charge on any atom is -0.403 e. The monoisotopic (exact) mass is 409 g/mol. The number of aromatic nitrogens is 3. The van der Waals surface area contributed by atoms with Gasteiger partial charge in [-0.25, -0.2) is 0 Å². The summed E-state index contributed by atoms with van der Waals surface area (Å²) in [6, 6.07) is 7.29. The number of anilines is 1. The van der Waals surface area contributed by atoms with Gasteiger partial charge >= 0.3 is 6.01 Å². The molecule has 1 amide bonds. The van der Waals surface area contributed by atoms with E-state index in [2.05, 4.69) is 25.8 Å². The van der Waals surface area contributed by atoms with Gasteiger partial charge in [0.2, 0.25) is 5.78 Å². The SMILES string of the molecule is CC(C)C(Nc1nnc(-c2c[nH]c3ccccc23)o1)C(=O)CC1CCNC(=O)C1=O. The molecule has 3 N–H and O–H groups in total. The molecule has 9 heteroatoms. The molecule has 3 aromatic rings. The van der Waals surface area contributed by atoms with E-state index in [1.807, 2.05) is 38.1 Å². The highest BCUT2D eigenvalue weighted by atomic mass is 16.4. The Morgan fingerprint density at radius 2 is 2.07 bits per heavy atom. The zero-order valence-corrected chi connectivity index (χ0v) is 16.8. The van der Waals surface area contributed by atoms with Crippen molar-refractivity contribution in [3.63, 3.8) is 0 Å². The molecule has 1 aliphatic rings. The Morgan fingerprint density at radius 1 is 1.27 bits per heavy atom. The number of Topliss-reactive ketones (excluding diaryl/α,β-unsaturated/α-hetero) is 2. The van der Waals surface area contributed by atoms with E-state index in [0.29, 0.717) is 18.9 Å². The van der Waals surface area contributed by atoms with Gasteiger partial charge in [-0.2, -0.15) is 0 Å². The van der Waals surface area contributed by atoms with E-state index in [9.17, 15) is 14.4 Å². The average molecular weight is 409 g/mol. The fraction of sp³-hybridized carbons (Fsp3) is 0.381. The van der Waals surface area contributed by atoms with E-state index in [-0.39, 0.29) is 24.1 Å².